The number of anilines is 1. The van der Waals surface area contributed by atoms with E-state index in [-0.39, 0.29) is 5.91 Å². The molecule has 0 spiro atoms. The van der Waals surface area contributed by atoms with Crippen LogP contribution < -0.4 is 10.6 Å². The Morgan fingerprint density at radius 2 is 2.00 bits per heavy atom. The fourth-order valence-electron chi connectivity index (χ4n) is 3.00. The highest BCUT2D eigenvalue weighted by molar-refractivity contribution is 7.22. The van der Waals surface area contributed by atoms with Crippen LogP contribution in [0.1, 0.15) is 21.6 Å². The second-order valence-corrected chi connectivity index (χ2v) is 7.34. The summed E-state index contributed by atoms with van der Waals surface area (Å²) in [6, 6.07) is 13.8. The van der Waals surface area contributed by atoms with E-state index in [1.807, 2.05) is 43.3 Å². The van der Waals surface area contributed by atoms with E-state index in [4.69, 9.17) is 0 Å². The van der Waals surface area contributed by atoms with Crippen LogP contribution in [0.25, 0.3) is 21.1 Å². The van der Waals surface area contributed by atoms with Gasteiger partial charge in [0.1, 0.15) is 0 Å². The third kappa shape index (κ3) is 3.15. The maximum Gasteiger partial charge on any atom is 0.251 e. The van der Waals surface area contributed by atoms with Crippen molar-refractivity contribution >= 4 is 43.5 Å². The number of para-hydroxylation sites is 1. The minimum Gasteiger partial charge on any atom is -0.360 e. The standard InChI is InChI=1S/C20H20N4OS/c1-12-13(2)23-16-8-7-14(11-15(12)16)19(25)21-9-10-22-20-24-17-5-3-4-6-18(17)26-20/h3-8,11,23H,9-10H2,1-2H3,(H,21,25)(H,22,24). The Kier molecular flexibility index (Phi) is 4.34. The normalized spacial score (nSPS) is 11.2. The first-order valence-electron chi connectivity index (χ1n) is 8.58. The summed E-state index contributed by atoms with van der Waals surface area (Å²) >= 11 is 1.62. The number of benzene rings is 2. The molecular formula is C20H20N4OS. The average molecular weight is 364 g/mol. The molecule has 0 atom stereocenters. The number of hydrogen-bond acceptors (Lipinski definition) is 4. The highest BCUT2D eigenvalue weighted by Gasteiger charge is 2.10. The van der Waals surface area contributed by atoms with Crippen LogP contribution in [0.2, 0.25) is 0 Å². The van der Waals surface area contributed by atoms with E-state index in [1.165, 1.54) is 5.56 Å². The Balaban J connectivity index is 1.35. The van der Waals surface area contributed by atoms with Gasteiger partial charge in [-0.1, -0.05) is 23.5 Å². The fraction of sp³-hybridized carbons (Fsp3) is 0.200. The van der Waals surface area contributed by atoms with E-state index in [9.17, 15) is 4.79 Å². The molecule has 0 aliphatic heterocycles. The predicted octanol–water partition coefficient (Wildman–Crippen LogP) is 4.24. The SMILES string of the molecule is Cc1[nH]c2ccc(C(=O)NCCNc3nc4ccccc4s3)cc2c1C. The third-order valence-electron chi connectivity index (χ3n) is 4.55. The number of rotatable bonds is 5. The van der Waals surface area contributed by atoms with Gasteiger partial charge in [0.15, 0.2) is 5.13 Å². The molecule has 2 heterocycles. The summed E-state index contributed by atoms with van der Waals surface area (Å²) in [5.74, 6) is -0.0590. The van der Waals surface area contributed by atoms with Crippen molar-refractivity contribution in [3.05, 3.63) is 59.3 Å². The first-order valence-corrected chi connectivity index (χ1v) is 9.40. The molecule has 0 aliphatic rings. The summed E-state index contributed by atoms with van der Waals surface area (Å²) in [4.78, 5) is 20.2. The third-order valence-corrected chi connectivity index (χ3v) is 5.55. The molecule has 132 valence electrons. The number of aryl methyl sites for hydroxylation is 2. The monoisotopic (exact) mass is 364 g/mol. The number of carbonyl (C=O) groups excluding carboxylic acids is 1. The number of nitrogens with one attached hydrogen (secondary N) is 3. The second-order valence-electron chi connectivity index (χ2n) is 6.30. The molecule has 0 saturated heterocycles. The number of nitrogens with zero attached hydrogens (tertiary/aromatic N) is 1. The number of aromatic nitrogens is 2. The molecule has 4 aromatic rings. The predicted molar refractivity (Wildman–Crippen MR) is 108 cm³/mol. The molecule has 0 bridgehead atoms. The van der Waals surface area contributed by atoms with Gasteiger partial charge in [-0.2, -0.15) is 0 Å². The maximum absolute atomic E-state index is 12.4. The van der Waals surface area contributed by atoms with Gasteiger partial charge in [-0.25, -0.2) is 4.98 Å². The average Bonchev–Trinajstić information content (AvgIpc) is 3.19. The van der Waals surface area contributed by atoms with Crippen LogP contribution in [0.5, 0.6) is 0 Å². The first kappa shape index (κ1) is 16.6. The summed E-state index contributed by atoms with van der Waals surface area (Å²) in [7, 11) is 0. The lowest BCUT2D eigenvalue weighted by atomic mass is 10.1. The number of thiazole rings is 1. The minimum atomic E-state index is -0.0590. The van der Waals surface area contributed by atoms with Gasteiger partial charge in [-0.15, -0.1) is 0 Å². The van der Waals surface area contributed by atoms with Crippen molar-refractivity contribution in [3.63, 3.8) is 0 Å². The zero-order valence-electron chi connectivity index (χ0n) is 14.7. The van der Waals surface area contributed by atoms with E-state index < -0.39 is 0 Å². The van der Waals surface area contributed by atoms with E-state index in [2.05, 4.69) is 33.6 Å². The summed E-state index contributed by atoms with van der Waals surface area (Å²) in [6.07, 6.45) is 0. The number of aromatic amines is 1. The second kappa shape index (κ2) is 6.80. The van der Waals surface area contributed by atoms with Crippen LogP contribution in [0.4, 0.5) is 5.13 Å². The van der Waals surface area contributed by atoms with Crippen molar-refractivity contribution in [2.45, 2.75) is 13.8 Å². The molecule has 3 N–H and O–H groups in total. The van der Waals surface area contributed by atoms with Crippen molar-refractivity contribution in [2.24, 2.45) is 0 Å². The summed E-state index contributed by atoms with van der Waals surface area (Å²) in [5, 5.41) is 8.20. The van der Waals surface area contributed by atoms with Gasteiger partial charge < -0.3 is 15.6 Å². The summed E-state index contributed by atoms with van der Waals surface area (Å²) in [5.41, 5.74) is 5.06. The van der Waals surface area contributed by atoms with Gasteiger partial charge >= 0.3 is 0 Å². The molecule has 26 heavy (non-hydrogen) atoms. The van der Waals surface area contributed by atoms with Gasteiger partial charge in [-0.3, -0.25) is 4.79 Å². The van der Waals surface area contributed by atoms with E-state index in [0.29, 0.717) is 18.7 Å². The van der Waals surface area contributed by atoms with Crippen molar-refractivity contribution < 1.29 is 4.79 Å². The first-order chi connectivity index (χ1) is 12.6. The lowest BCUT2D eigenvalue weighted by molar-refractivity contribution is 0.0955. The lowest BCUT2D eigenvalue weighted by Crippen LogP contribution is -2.28. The minimum absolute atomic E-state index is 0.0590. The van der Waals surface area contributed by atoms with Crippen molar-refractivity contribution in [2.75, 3.05) is 18.4 Å². The fourth-order valence-corrected chi connectivity index (χ4v) is 3.89. The van der Waals surface area contributed by atoms with Crippen LogP contribution in [-0.2, 0) is 0 Å². The van der Waals surface area contributed by atoms with Crippen molar-refractivity contribution in [1.82, 2.24) is 15.3 Å². The van der Waals surface area contributed by atoms with Crippen LogP contribution in [0.3, 0.4) is 0 Å². The molecule has 0 radical (unpaired) electrons. The Labute approximate surface area is 155 Å². The van der Waals surface area contributed by atoms with Crippen LogP contribution >= 0.6 is 11.3 Å². The summed E-state index contributed by atoms with van der Waals surface area (Å²) < 4.78 is 1.16. The highest BCUT2D eigenvalue weighted by atomic mass is 32.1. The van der Waals surface area contributed by atoms with Gasteiger partial charge in [0.25, 0.3) is 5.91 Å². The molecular weight excluding hydrogens is 344 g/mol. The number of fused-ring (bicyclic) bond motifs is 2. The van der Waals surface area contributed by atoms with Crippen LogP contribution in [0, 0.1) is 13.8 Å². The molecule has 0 saturated carbocycles. The Morgan fingerprint density at radius 3 is 2.85 bits per heavy atom. The van der Waals surface area contributed by atoms with Crippen LogP contribution in [-0.4, -0.2) is 29.0 Å². The number of H-pyrrole nitrogens is 1. The van der Waals surface area contributed by atoms with E-state index >= 15 is 0 Å². The molecule has 0 aliphatic carbocycles. The van der Waals surface area contributed by atoms with Gasteiger partial charge in [-0.05, 0) is 49.7 Å². The Bertz CT molecular complexity index is 1060. The Morgan fingerprint density at radius 1 is 1.15 bits per heavy atom. The highest BCUT2D eigenvalue weighted by Crippen LogP contribution is 2.25. The lowest BCUT2D eigenvalue weighted by Gasteiger charge is -2.06. The topological polar surface area (TPSA) is 69.8 Å². The zero-order chi connectivity index (χ0) is 18.1. The molecule has 2 aromatic carbocycles. The molecule has 0 fully saturated rings. The quantitative estimate of drug-likeness (QED) is 0.464. The van der Waals surface area contributed by atoms with Crippen LogP contribution in [0.15, 0.2) is 42.5 Å². The van der Waals surface area contributed by atoms with Gasteiger partial charge in [0.2, 0.25) is 0 Å². The zero-order valence-corrected chi connectivity index (χ0v) is 15.5. The number of hydrogen-bond donors (Lipinski definition) is 3. The van der Waals surface area contributed by atoms with E-state index in [0.717, 1.165) is 31.9 Å². The Hall–Kier alpha value is -2.86. The van der Waals surface area contributed by atoms with Gasteiger partial charge in [0, 0.05) is 35.2 Å². The summed E-state index contributed by atoms with van der Waals surface area (Å²) in [6.45, 7) is 5.29. The van der Waals surface area contributed by atoms with Crippen molar-refractivity contribution in [1.29, 1.82) is 0 Å². The molecule has 4 rings (SSSR count). The smallest absolute Gasteiger partial charge is 0.251 e. The molecule has 2 aromatic heterocycles. The molecule has 6 heteroatoms. The molecule has 1 amide bonds. The van der Waals surface area contributed by atoms with Gasteiger partial charge in [0.05, 0.1) is 10.2 Å². The van der Waals surface area contributed by atoms with E-state index in [1.54, 1.807) is 11.3 Å². The number of amides is 1. The number of carbonyl (C=O) groups is 1. The molecule has 0 unspecified atom stereocenters. The largest absolute Gasteiger partial charge is 0.360 e. The molecule has 5 nitrogen and oxygen atoms in total. The van der Waals surface area contributed by atoms with Crippen molar-refractivity contribution in [3.8, 4) is 0 Å². The maximum atomic E-state index is 12.4.